The van der Waals surface area contributed by atoms with E-state index in [0.29, 0.717) is 28.6 Å². The normalized spacial score (nSPS) is 10.2. The van der Waals surface area contributed by atoms with Gasteiger partial charge in [-0.05, 0) is 48.5 Å². The van der Waals surface area contributed by atoms with Crippen molar-refractivity contribution >= 4 is 28.8 Å². The molecule has 0 saturated heterocycles. The van der Waals surface area contributed by atoms with Crippen LogP contribution in [0, 0.1) is 0 Å². The van der Waals surface area contributed by atoms with Crippen LogP contribution in [0.15, 0.2) is 60.8 Å². The molecule has 29 heavy (non-hydrogen) atoms. The minimum absolute atomic E-state index is 0.217. The smallest absolute Gasteiger partial charge is 0.255 e. The number of ether oxygens (including phenoxy) is 2. The third-order valence-electron chi connectivity index (χ3n) is 4.33. The minimum atomic E-state index is -0.217. The molecule has 0 aliphatic heterocycles. The van der Waals surface area contributed by atoms with Crippen LogP contribution in [0.3, 0.4) is 0 Å². The molecule has 1 aromatic heterocycles. The summed E-state index contributed by atoms with van der Waals surface area (Å²) in [6, 6.07) is 16.4. The molecule has 0 aliphatic carbocycles. The Kier molecular flexibility index (Phi) is 6.19. The largest absolute Gasteiger partial charge is 0.497 e. The van der Waals surface area contributed by atoms with E-state index < -0.39 is 0 Å². The van der Waals surface area contributed by atoms with E-state index in [4.69, 9.17) is 9.47 Å². The first-order valence-corrected chi connectivity index (χ1v) is 9.04. The van der Waals surface area contributed by atoms with E-state index >= 15 is 0 Å². The lowest BCUT2D eigenvalue weighted by Gasteiger charge is -2.14. The van der Waals surface area contributed by atoms with Gasteiger partial charge in [0, 0.05) is 43.3 Å². The maximum absolute atomic E-state index is 12.6. The number of hydrogen-bond donors (Lipinski definition) is 2. The average Bonchev–Trinajstić information content (AvgIpc) is 2.74. The van der Waals surface area contributed by atoms with Gasteiger partial charge in [0.25, 0.3) is 5.91 Å². The predicted molar refractivity (Wildman–Crippen MR) is 116 cm³/mol. The second kappa shape index (κ2) is 8.97. The highest BCUT2D eigenvalue weighted by molar-refractivity contribution is 6.04. The predicted octanol–water partition coefficient (Wildman–Crippen LogP) is 4.16. The number of benzene rings is 2. The van der Waals surface area contributed by atoms with E-state index in [9.17, 15) is 4.79 Å². The van der Waals surface area contributed by atoms with Crippen LogP contribution in [0.1, 0.15) is 10.4 Å². The average molecular weight is 392 g/mol. The summed E-state index contributed by atoms with van der Waals surface area (Å²) in [5, 5.41) is 6.07. The van der Waals surface area contributed by atoms with Crippen LogP contribution in [-0.2, 0) is 0 Å². The number of aromatic nitrogens is 1. The van der Waals surface area contributed by atoms with Gasteiger partial charge in [0.2, 0.25) is 0 Å². The molecule has 150 valence electrons. The Labute approximate surface area is 170 Å². The Hall–Kier alpha value is -3.74. The SMILES string of the molecule is COc1ccc(OC)c(Nc2cc(C(=O)Nc3ccc(N(C)C)cc3)ccn2)c1. The number of carbonyl (C=O) groups excluding carboxylic acids is 1. The van der Waals surface area contributed by atoms with Gasteiger partial charge in [0.1, 0.15) is 17.3 Å². The second-order valence-electron chi connectivity index (χ2n) is 6.52. The molecule has 1 heterocycles. The van der Waals surface area contributed by atoms with Gasteiger partial charge in [0.05, 0.1) is 19.9 Å². The van der Waals surface area contributed by atoms with E-state index in [1.54, 1.807) is 44.7 Å². The lowest BCUT2D eigenvalue weighted by atomic mass is 10.2. The summed E-state index contributed by atoms with van der Waals surface area (Å²) in [5.41, 5.74) is 2.96. The number of methoxy groups -OCH3 is 2. The number of hydrogen-bond acceptors (Lipinski definition) is 6. The third kappa shape index (κ3) is 4.95. The standard InChI is InChI=1S/C22H24N4O3/c1-26(2)17-7-5-16(6-8-17)24-22(27)15-11-12-23-21(13-15)25-19-14-18(28-3)9-10-20(19)29-4/h5-14H,1-4H3,(H,23,25)(H,24,27). The van der Waals surface area contributed by atoms with Crippen molar-refractivity contribution in [2.75, 3.05) is 43.8 Å². The van der Waals surface area contributed by atoms with Gasteiger partial charge < -0.3 is 25.0 Å². The van der Waals surface area contributed by atoms with Crippen molar-refractivity contribution in [1.29, 1.82) is 0 Å². The van der Waals surface area contributed by atoms with E-state index in [1.807, 2.05) is 49.3 Å². The number of rotatable bonds is 7. The molecule has 7 nitrogen and oxygen atoms in total. The first kappa shape index (κ1) is 20.0. The lowest BCUT2D eigenvalue weighted by Crippen LogP contribution is -2.13. The first-order chi connectivity index (χ1) is 14.0. The van der Waals surface area contributed by atoms with Crippen molar-refractivity contribution in [1.82, 2.24) is 4.98 Å². The number of pyridine rings is 1. The van der Waals surface area contributed by atoms with Crippen molar-refractivity contribution in [2.45, 2.75) is 0 Å². The molecule has 0 unspecified atom stereocenters. The zero-order valence-electron chi connectivity index (χ0n) is 16.9. The molecule has 1 amide bonds. The van der Waals surface area contributed by atoms with Crippen molar-refractivity contribution in [3.8, 4) is 11.5 Å². The molecule has 0 bridgehead atoms. The molecule has 3 aromatic rings. The van der Waals surface area contributed by atoms with E-state index in [-0.39, 0.29) is 5.91 Å². The Morgan fingerprint density at radius 2 is 1.72 bits per heavy atom. The second-order valence-corrected chi connectivity index (χ2v) is 6.52. The Balaban J connectivity index is 1.76. The van der Waals surface area contributed by atoms with Crippen molar-refractivity contribution in [3.05, 3.63) is 66.4 Å². The number of carbonyl (C=O) groups is 1. The monoisotopic (exact) mass is 392 g/mol. The molecular formula is C22H24N4O3. The van der Waals surface area contributed by atoms with E-state index in [2.05, 4.69) is 15.6 Å². The number of nitrogens with one attached hydrogen (secondary N) is 2. The van der Waals surface area contributed by atoms with Crippen LogP contribution in [0.25, 0.3) is 0 Å². The van der Waals surface area contributed by atoms with Crippen LogP contribution in [0.2, 0.25) is 0 Å². The molecule has 2 aromatic carbocycles. The molecule has 0 radical (unpaired) electrons. The van der Waals surface area contributed by atoms with Crippen LogP contribution in [0.4, 0.5) is 22.9 Å². The van der Waals surface area contributed by atoms with Gasteiger partial charge in [0.15, 0.2) is 0 Å². The molecule has 0 aliphatic rings. The lowest BCUT2D eigenvalue weighted by molar-refractivity contribution is 0.102. The Morgan fingerprint density at radius 1 is 0.966 bits per heavy atom. The molecule has 2 N–H and O–H groups in total. The molecule has 7 heteroatoms. The van der Waals surface area contributed by atoms with Gasteiger partial charge >= 0.3 is 0 Å². The van der Waals surface area contributed by atoms with Crippen molar-refractivity contribution in [2.24, 2.45) is 0 Å². The fraction of sp³-hybridized carbons (Fsp3) is 0.182. The Bertz CT molecular complexity index is 988. The minimum Gasteiger partial charge on any atom is -0.497 e. The molecule has 0 atom stereocenters. The maximum Gasteiger partial charge on any atom is 0.255 e. The van der Waals surface area contributed by atoms with E-state index in [0.717, 1.165) is 11.4 Å². The summed E-state index contributed by atoms with van der Waals surface area (Å²) in [6.07, 6.45) is 1.58. The number of amides is 1. The van der Waals surface area contributed by atoms with Gasteiger partial charge in [-0.25, -0.2) is 4.98 Å². The van der Waals surface area contributed by atoms with E-state index in [1.165, 1.54) is 0 Å². The first-order valence-electron chi connectivity index (χ1n) is 9.04. The quantitative estimate of drug-likeness (QED) is 0.629. The number of nitrogens with zero attached hydrogens (tertiary/aromatic N) is 2. The number of anilines is 4. The summed E-state index contributed by atoms with van der Waals surface area (Å²) in [4.78, 5) is 18.9. The zero-order chi connectivity index (χ0) is 20.8. The topological polar surface area (TPSA) is 75.7 Å². The van der Waals surface area contributed by atoms with Gasteiger partial charge in [-0.15, -0.1) is 0 Å². The van der Waals surface area contributed by atoms with Crippen LogP contribution in [0.5, 0.6) is 11.5 Å². The van der Waals surface area contributed by atoms with Gasteiger partial charge in [-0.1, -0.05) is 0 Å². The summed E-state index contributed by atoms with van der Waals surface area (Å²) in [5.74, 6) is 1.63. The van der Waals surface area contributed by atoms with Crippen LogP contribution in [-0.4, -0.2) is 39.2 Å². The zero-order valence-corrected chi connectivity index (χ0v) is 16.9. The maximum atomic E-state index is 12.6. The van der Waals surface area contributed by atoms with Gasteiger partial charge in [-0.2, -0.15) is 0 Å². The fourth-order valence-electron chi connectivity index (χ4n) is 2.74. The van der Waals surface area contributed by atoms with Crippen LogP contribution >= 0.6 is 0 Å². The summed E-state index contributed by atoms with van der Waals surface area (Å²) >= 11 is 0. The summed E-state index contributed by atoms with van der Waals surface area (Å²) in [7, 11) is 7.12. The Morgan fingerprint density at radius 3 is 2.38 bits per heavy atom. The summed E-state index contributed by atoms with van der Waals surface area (Å²) < 4.78 is 10.6. The molecule has 0 fully saturated rings. The molecule has 3 rings (SSSR count). The molecule has 0 spiro atoms. The molecular weight excluding hydrogens is 368 g/mol. The highest BCUT2D eigenvalue weighted by Gasteiger charge is 2.10. The van der Waals surface area contributed by atoms with Gasteiger partial charge in [-0.3, -0.25) is 4.79 Å². The third-order valence-corrected chi connectivity index (χ3v) is 4.33. The fourth-order valence-corrected chi connectivity index (χ4v) is 2.74. The van der Waals surface area contributed by atoms with Crippen molar-refractivity contribution in [3.63, 3.8) is 0 Å². The highest BCUT2D eigenvalue weighted by Crippen LogP contribution is 2.31. The molecule has 0 saturated carbocycles. The summed E-state index contributed by atoms with van der Waals surface area (Å²) in [6.45, 7) is 0. The van der Waals surface area contributed by atoms with Crippen LogP contribution < -0.4 is 25.0 Å². The highest BCUT2D eigenvalue weighted by atomic mass is 16.5. The van der Waals surface area contributed by atoms with Crippen molar-refractivity contribution < 1.29 is 14.3 Å².